The molecule has 0 spiro atoms. The third kappa shape index (κ3) is 5.87. The van der Waals surface area contributed by atoms with Gasteiger partial charge in [-0.3, -0.25) is 9.78 Å². The number of nitrogens with zero attached hydrogens (tertiary/aromatic N) is 1. The first-order chi connectivity index (χ1) is 17.5. The molecule has 1 amide bonds. The molecule has 3 aromatic carbocycles. The number of methoxy groups -OCH3 is 1. The van der Waals surface area contributed by atoms with Crippen molar-refractivity contribution in [3.8, 4) is 28.1 Å². The fraction of sp³-hybridized carbons (Fsp3) is 0.111. The highest BCUT2D eigenvalue weighted by Gasteiger charge is 2.23. The molecular weight excluding hydrogens is 512 g/mol. The van der Waals surface area contributed by atoms with E-state index in [9.17, 15) is 21.6 Å². The van der Waals surface area contributed by atoms with E-state index in [2.05, 4.69) is 10.3 Å². The zero-order valence-corrected chi connectivity index (χ0v) is 21.9. The van der Waals surface area contributed by atoms with Gasteiger partial charge in [0.15, 0.2) is 19.7 Å². The molecule has 0 fully saturated rings. The van der Waals surface area contributed by atoms with E-state index in [-0.39, 0.29) is 26.5 Å². The summed E-state index contributed by atoms with van der Waals surface area (Å²) in [5, 5.41) is 2.83. The Morgan fingerprint density at radius 2 is 1.59 bits per heavy atom. The minimum absolute atomic E-state index is 0.0570. The number of pyridine rings is 1. The lowest BCUT2D eigenvalue weighted by molar-refractivity contribution is 0.102. The van der Waals surface area contributed by atoms with Gasteiger partial charge in [-0.25, -0.2) is 16.8 Å². The highest BCUT2D eigenvalue weighted by molar-refractivity contribution is 7.91. The number of hydrogen-bond donors (Lipinski definition) is 1. The zero-order chi connectivity index (χ0) is 26.8. The molecule has 0 bridgehead atoms. The Morgan fingerprint density at radius 1 is 0.811 bits per heavy atom. The Bertz CT molecular complexity index is 1700. The zero-order valence-electron chi connectivity index (χ0n) is 20.3. The van der Waals surface area contributed by atoms with Crippen LogP contribution in [0, 0.1) is 0 Å². The molecule has 8 nitrogen and oxygen atoms in total. The summed E-state index contributed by atoms with van der Waals surface area (Å²) in [6.45, 7) is 0. The van der Waals surface area contributed by atoms with E-state index in [1.165, 1.54) is 43.5 Å². The van der Waals surface area contributed by atoms with Gasteiger partial charge in [0.2, 0.25) is 0 Å². The van der Waals surface area contributed by atoms with Gasteiger partial charge in [0.1, 0.15) is 5.75 Å². The molecule has 4 aromatic rings. The first kappa shape index (κ1) is 26.1. The number of aromatic nitrogens is 1. The normalized spacial score (nSPS) is 11.6. The first-order valence-corrected chi connectivity index (χ1v) is 14.8. The van der Waals surface area contributed by atoms with Gasteiger partial charge in [0, 0.05) is 41.1 Å². The number of carbonyl (C=O) groups is 1. The molecule has 0 aliphatic rings. The van der Waals surface area contributed by atoms with Crippen LogP contribution in [0.5, 0.6) is 5.75 Å². The van der Waals surface area contributed by atoms with Crippen molar-refractivity contribution in [3.05, 3.63) is 90.6 Å². The number of benzene rings is 3. The van der Waals surface area contributed by atoms with Crippen molar-refractivity contribution < 1.29 is 26.4 Å². The standard InChI is InChI=1S/C27H24N2O6S2/c1-35-20-10-13-26(37(3,33)34)24(16-20)23-17-21(36(2,31)32)11-12-22(23)27(30)29-19-8-6-7-18(15-19)25-9-4-5-14-28-25/h4-17H,1-3H3,(H,29,30). The minimum atomic E-state index is -3.74. The maximum Gasteiger partial charge on any atom is 0.256 e. The van der Waals surface area contributed by atoms with E-state index in [1.807, 2.05) is 18.2 Å². The lowest BCUT2D eigenvalue weighted by Gasteiger charge is -2.16. The van der Waals surface area contributed by atoms with Crippen LogP contribution >= 0.6 is 0 Å². The number of rotatable bonds is 7. The maximum atomic E-state index is 13.5. The van der Waals surface area contributed by atoms with Crippen molar-refractivity contribution in [3.63, 3.8) is 0 Å². The second kappa shape index (κ2) is 10.2. The Morgan fingerprint density at radius 3 is 2.24 bits per heavy atom. The molecule has 10 heteroatoms. The van der Waals surface area contributed by atoms with Gasteiger partial charge < -0.3 is 10.1 Å². The first-order valence-electron chi connectivity index (χ1n) is 11.0. The van der Waals surface area contributed by atoms with Crippen LogP contribution in [0.2, 0.25) is 0 Å². The van der Waals surface area contributed by atoms with Crippen LogP contribution in [0.3, 0.4) is 0 Å². The molecule has 0 atom stereocenters. The molecule has 1 heterocycles. The van der Waals surface area contributed by atoms with Crippen molar-refractivity contribution in [2.45, 2.75) is 9.79 Å². The van der Waals surface area contributed by atoms with Crippen LogP contribution in [-0.2, 0) is 19.7 Å². The van der Waals surface area contributed by atoms with E-state index >= 15 is 0 Å². The fourth-order valence-corrected chi connectivity index (χ4v) is 5.36. The summed E-state index contributed by atoms with van der Waals surface area (Å²) >= 11 is 0. The molecule has 0 saturated carbocycles. The average Bonchev–Trinajstić information content (AvgIpc) is 2.87. The topological polar surface area (TPSA) is 120 Å². The predicted molar refractivity (Wildman–Crippen MR) is 142 cm³/mol. The molecule has 0 radical (unpaired) electrons. The van der Waals surface area contributed by atoms with Crippen LogP contribution in [-0.4, -0.2) is 47.3 Å². The molecule has 0 saturated heterocycles. The van der Waals surface area contributed by atoms with E-state index in [1.54, 1.807) is 30.5 Å². The van der Waals surface area contributed by atoms with E-state index in [0.29, 0.717) is 11.4 Å². The lowest BCUT2D eigenvalue weighted by Crippen LogP contribution is -2.14. The number of amides is 1. The van der Waals surface area contributed by atoms with Crippen molar-refractivity contribution in [2.24, 2.45) is 0 Å². The smallest absolute Gasteiger partial charge is 0.256 e. The SMILES string of the molecule is COc1ccc(S(C)(=O)=O)c(-c2cc(S(C)(=O)=O)ccc2C(=O)Nc2cccc(-c3ccccn3)c2)c1. The van der Waals surface area contributed by atoms with Gasteiger partial charge >= 0.3 is 0 Å². The molecule has 0 aliphatic carbocycles. The van der Waals surface area contributed by atoms with Crippen molar-refractivity contribution in [2.75, 3.05) is 24.9 Å². The molecule has 1 N–H and O–H groups in total. The van der Waals surface area contributed by atoms with Crippen LogP contribution in [0.25, 0.3) is 22.4 Å². The number of anilines is 1. The Labute approximate surface area is 215 Å². The highest BCUT2D eigenvalue weighted by atomic mass is 32.2. The maximum absolute atomic E-state index is 13.5. The van der Waals surface area contributed by atoms with E-state index < -0.39 is 25.6 Å². The number of nitrogens with one attached hydrogen (secondary N) is 1. The largest absolute Gasteiger partial charge is 0.497 e. The second-order valence-corrected chi connectivity index (χ2v) is 12.4. The van der Waals surface area contributed by atoms with Crippen LogP contribution in [0.15, 0.2) is 94.9 Å². The molecule has 0 aliphatic heterocycles. The molecule has 4 rings (SSSR count). The van der Waals surface area contributed by atoms with Gasteiger partial charge in [0.25, 0.3) is 5.91 Å². The molecular formula is C27H24N2O6S2. The van der Waals surface area contributed by atoms with Crippen molar-refractivity contribution in [1.29, 1.82) is 0 Å². The number of sulfone groups is 2. The Balaban J connectivity index is 1.85. The van der Waals surface area contributed by atoms with Gasteiger partial charge in [-0.1, -0.05) is 18.2 Å². The highest BCUT2D eigenvalue weighted by Crippen LogP contribution is 2.35. The summed E-state index contributed by atoms with van der Waals surface area (Å²) in [7, 11) is -5.97. The summed E-state index contributed by atoms with van der Waals surface area (Å²) < 4.78 is 55.1. The van der Waals surface area contributed by atoms with Crippen LogP contribution in [0.1, 0.15) is 10.4 Å². The summed E-state index contributed by atoms with van der Waals surface area (Å²) in [5.74, 6) is -0.197. The van der Waals surface area contributed by atoms with Gasteiger partial charge in [0.05, 0.1) is 22.6 Å². The fourth-order valence-electron chi connectivity index (χ4n) is 3.83. The second-order valence-electron chi connectivity index (χ2n) is 8.36. The third-order valence-corrected chi connectivity index (χ3v) is 7.89. The number of hydrogen-bond acceptors (Lipinski definition) is 7. The molecule has 1 aromatic heterocycles. The van der Waals surface area contributed by atoms with Crippen LogP contribution in [0.4, 0.5) is 5.69 Å². The molecule has 37 heavy (non-hydrogen) atoms. The summed E-state index contributed by atoms with van der Waals surface area (Å²) in [6.07, 6.45) is 3.75. The number of ether oxygens (including phenoxy) is 1. The summed E-state index contributed by atoms with van der Waals surface area (Å²) in [6, 6.07) is 20.9. The quantitative estimate of drug-likeness (QED) is 0.370. The predicted octanol–water partition coefficient (Wildman–Crippen LogP) is 4.48. The minimum Gasteiger partial charge on any atom is -0.497 e. The lowest BCUT2D eigenvalue weighted by atomic mass is 9.98. The van der Waals surface area contributed by atoms with E-state index in [4.69, 9.17) is 4.74 Å². The van der Waals surface area contributed by atoms with E-state index in [0.717, 1.165) is 23.8 Å². The van der Waals surface area contributed by atoms with Gasteiger partial charge in [-0.2, -0.15) is 0 Å². The van der Waals surface area contributed by atoms with Gasteiger partial charge in [-0.05, 0) is 66.2 Å². The molecule has 0 unspecified atom stereocenters. The van der Waals surface area contributed by atoms with Crippen molar-refractivity contribution >= 4 is 31.3 Å². The monoisotopic (exact) mass is 536 g/mol. The van der Waals surface area contributed by atoms with Gasteiger partial charge in [-0.15, -0.1) is 0 Å². The summed E-state index contributed by atoms with van der Waals surface area (Å²) in [5.41, 5.74) is 2.39. The molecule has 190 valence electrons. The number of carbonyl (C=O) groups excluding carboxylic acids is 1. The average molecular weight is 537 g/mol. The Kier molecular flexibility index (Phi) is 7.15. The summed E-state index contributed by atoms with van der Waals surface area (Å²) in [4.78, 5) is 17.7. The third-order valence-electron chi connectivity index (χ3n) is 5.62. The van der Waals surface area contributed by atoms with Crippen LogP contribution < -0.4 is 10.1 Å². The Hall–Kier alpha value is -4.02. The van der Waals surface area contributed by atoms with Crippen molar-refractivity contribution in [1.82, 2.24) is 4.98 Å².